The third-order valence-corrected chi connectivity index (χ3v) is 5.27. The van der Waals surface area contributed by atoms with E-state index in [1.807, 2.05) is 30.3 Å². The predicted molar refractivity (Wildman–Crippen MR) is 123 cm³/mol. The first-order valence-corrected chi connectivity index (χ1v) is 11.0. The average molecular weight is 427 g/mol. The summed E-state index contributed by atoms with van der Waals surface area (Å²) >= 11 is 0. The highest BCUT2D eigenvalue weighted by molar-refractivity contribution is 5.94. The van der Waals surface area contributed by atoms with Gasteiger partial charge in [-0.2, -0.15) is 0 Å². The normalized spacial score (nSPS) is 12.7. The molecule has 1 amide bonds. The van der Waals surface area contributed by atoms with E-state index in [1.54, 1.807) is 24.3 Å². The van der Waals surface area contributed by atoms with Gasteiger partial charge in [-0.1, -0.05) is 63.4 Å². The largest absolute Gasteiger partial charge is 0.489 e. The van der Waals surface area contributed by atoms with Crippen molar-refractivity contribution in [3.63, 3.8) is 0 Å². The van der Waals surface area contributed by atoms with E-state index in [2.05, 4.69) is 24.5 Å². The van der Waals surface area contributed by atoms with Crippen LogP contribution in [0.2, 0.25) is 0 Å². The highest BCUT2D eigenvalue weighted by Crippen LogP contribution is 2.18. The van der Waals surface area contributed by atoms with Gasteiger partial charge in [-0.3, -0.25) is 9.59 Å². The number of amides is 1. The zero-order chi connectivity index (χ0) is 22.5. The summed E-state index contributed by atoms with van der Waals surface area (Å²) in [4.78, 5) is 23.9. The van der Waals surface area contributed by atoms with Crippen molar-refractivity contribution in [1.29, 1.82) is 0 Å². The van der Waals surface area contributed by atoms with Crippen LogP contribution < -0.4 is 15.4 Å². The Labute approximate surface area is 185 Å². The van der Waals surface area contributed by atoms with Gasteiger partial charge in [0.25, 0.3) is 0 Å². The van der Waals surface area contributed by atoms with Gasteiger partial charge < -0.3 is 20.5 Å². The molecule has 0 aliphatic carbocycles. The van der Waals surface area contributed by atoms with Crippen LogP contribution in [-0.2, 0) is 16.2 Å². The van der Waals surface area contributed by atoms with E-state index in [1.165, 1.54) is 0 Å². The first-order valence-electron chi connectivity index (χ1n) is 11.0. The predicted octanol–water partition coefficient (Wildman–Crippen LogP) is 4.85. The number of carboxylic acid groups (broad SMARTS) is 1. The SMILES string of the molecule is CCCCC(CC)CNC(CC(=O)Nc1ccc(OCc2ccccc2)cc1)C(=O)O. The minimum Gasteiger partial charge on any atom is -0.489 e. The van der Waals surface area contributed by atoms with Crippen molar-refractivity contribution in [2.24, 2.45) is 5.92 Å². The van der Waals surface area contributed by atoms with Gasteiger partial charge in [0.1, 0.15) is 18.4 Å². The second-order valence-corrected chi connectivity index (χ2v) is 7.77. The van der Waals surface area contributed by atoms with Crippen LogP contribution in [0.3, 0.4) is 0 Å². The van der Waals surface area contributed by atoms with Crippen molar-refractivity contribution in [2.75, 3.05) is 11.9 Å². The van der Waals surface area contributed by atoms with Crippen LogP contribution >= 0.6 is 0 Å². The molecule has 0 saturated carbocycles. The Morgan fingerprint density at radius 3 is 2.35 bits per heavy atom. The molecular formula is C25H34N2O4. The van der Waals surface area contributed by atoms with Crippen molar-refractivity contribution in [2.45, 2.75) is 58.6 Å². The molecule has 0 aliphatic rings. The summed E-state index contributed by atoms with van der Waals surface area (Å²) in [5.41, 5.74) is 1.68. The average Bonchev–Trinajstić information content (AvgIpc) is 2.78. The van der Waals surface area contributed by atoms with Gasteiger partial charge in [0.2, 0.25) is 5.91 Å². The number of anilines is 1. The number of benzene rings is 2. The van der Waals surface area contributed by atoms with Gasteiger partial charge in [0.05, 0.1) is 6.42 Å². The third-order valence-electron chi connectivity index (χ3n) is 5.27. The topological polar surface area (TPSA) is 87.7 Å². The molecule has 2 rings (SSSR count). The molecule has 0 aliphatic heterocycles. The minimum atomic E-state index is -1.01. The van der Waals surface area contributed by atoms with E-state index < -0.39 is 12.0 Å². The summed E-state index contributed by atoms with van der Waals surface area (Å²) in [7, 11) is 0. The molecule has 6 heteroatoms. The second-order valence-electron chi connectivity index (χ2n) is 7.77. The summed E-state index contributed by atoms with van der Waals surface area (Å²) in [6.07, 6.45) is 4.19. The zero-order valence-electron chi connectivity index (χ0n) is 18.5. The van der Waals surface area contributed by atoms with E-state index in [0.29, 0.717) is 30.5 Å². The molecule has 0 saturated heterocycles. The van der Waals surface area contributed by atoms with Crippen LogP contribution in [0, 0.1) is 5.92 Å². The molecule has 0 heterocycles. The lowest BCUT2D eigenvalue weighted by Gasteiger charge is -2.19. The lowest BCUT2D eigenvalue weighted by molar-refractivity contribution is -0.141. The number of hydrogen-bond donors (Lipinski definition) is 3. The number of aliphatic carboxylic acids is 1. The zero-order valence-corrected chi connectivity index (χ0v) is 18.5. The molecule has 168 valence electrons. The maximum absolute atomic E-state index is 12.4. The summed E-state index contributed by atoms with van der Waals surface area (Å²) < 4.78 is 5.74. The Balaban J connectivity index is 1.81. The van der Waals surface area contributed by atoms with Crippen molar-refractivity contribution >= 4 is 17.6 Å². The summed E-state index contributed by atoms with van der Waals surface area (Å²) in [6.45, 7) is 5.33. The van der Waals surface area contributed by atoms with Crippen LogP contribution in [0.5, 0.6) is 5.75 Å². The fraction of sp³-hybridized carbons (Fsp3) is 0.440. The number of carbonyl (C=O) groups is 2. The molecule has 2 aromatic rings. The fourth-order valence-electron chi connectivity index (χ4n) is 3.27. The molecule has 0 aromatic heterocycles. The smallest absolute Gasteiger partial charge is 0.321 e. The Hall–Kier alpha value is -2.86. The number of ether oxygens (including phenoxy) is 1. The maximum Gasteiger partial charge on any atom is 0.321 e. The van der Waals surface area contributed by atoms with Crippen LogP contribution in [-0.4, -0.2) is 29.6 Å². The van der Waals surface area contributed by atoms with E-state index in [-0.39, 0.29) is 12.3 Å². The highest BCUT2D eigenvalue weighted by Gasteiger charge is 2.22. The van der Waals surface area contributed by atoms with Crippen molar-refractivity contribution in [1.82, 2.24) is 5.32 Å². The third kappa shape index (κ3) is 9.22. The Kier molecular flexibility index (Phi) is 10.6. The highest BCUT2D eigenvalue weighted by atomic mass is 16.5. The molecule has 0 bridgehead atoms. The number of rotatable bonds is 14. The summed E-state index contributed by atoms with van der Waals surface area (Å²) in [6, 6.07) is 16.0. The standard InChI is InChI=1S/C25H34N2O4/c1-3-5-9-19(4-2)17-26-23(25(29)30)16-24(28)27-21-12-14-22(15-13-21)31-18-20-10-7-6-8-11-20/h6-8,10-15,19,23,26H,3-5,9,16-18H2,1-2H3,(H,27,28)(H,29,30). The van der Waals surface area contributed by atoms with Crippen LogP contribution in [0.25, 0.3) is 0 Å². The molecule has 2 unspecified atom stereocenters. The van der Waals surface area contributed by atoms with Gasteiger partial charge in [0.15, 0.2) is 0 Å². The number of hydrogen-bond acceptors (Lipinski definition) is 4. The van der Waals surface area contributed by atoms with E-state index >= 15 is 0 Å². The van der Waals surface area contributed by atoms with Crippen molar-refractivity contribution in [3.8, 4) is 5.75 Å². The molecule has 31 heavy (non-hydrogen) atoms. The van der Waals surface area contributed by atoms with Gasteiger partial charge in [-0.05, 0) is 48.7 Å². The van der Waals surface area contributed by atoms with Crippen LogP contribution in [0.4, 0.5) is 5.69 Å². The molecule has 2 atom stereocenters. The van der Waals surface area contributed by atoms with Gasteiger partial charge in [0, 0.05) is 5.69 Å². The van der Waals surface area contributed by atoms with E-state index in [4.69, 9.17) is 4.74 Å². The van der Waals surface area contributed by atoms with Gasteiger partial charge in [-0.25, -0.2) is 0 Å². The van der Waals surface area contributed by atoms with Crippen molar-refractivity contribution in [3.05, 3.63) is 60.2 Å². The minimum absolute atomic E-state index is 0.119. The summed E-state index contributed by atoms with van der Waals surface area (Å²) in [5.74, 6) is -0.220. The van der Waals surface area contributed by atoms with Gasteiger partial charge >= 0.3 is 5.97 Å². The molecule has 0 fully saturated rings. The number of carbonyl (C=O) groups excluding carboxylic acids is 1. The summed E-state index contributed by atoms with van der Waals surface area (Å²) in [5, 5.41) is 15.3. The quantitative estimate of drug-likeness (QED) is 0.402. The van der Waals surface area contributed by atoms with Crippen LogP contribution in [0.1, 0.15) is 51.5 Å². The van der Waals surface area contributed by atoms with Crippen molar-refractivity contribution < 1.29 is 19.4 Å². The molecular weight excluding hydrogens is 392 g/mol. The Morgan fingerprint density at radius 2 is 1.74 bits per heavy atom. The lowest BCUT2D eigenvalue weighted by atomic mass is 9.99. The molecule has 6 nitrogen and oxygen atoms in total. The molecule has 0 radical (unpaired) electrons. The van der Waals surface area contributed by atoms with E-state index in [0.717, 1.165) is 31.2 Å². The molecule has 0 spiro atoms. The number of carboxylic acids is 1. The first-order chi connectivity index (χ1) is 15.0. The lowest BCUT2D eigenvalue weighted by Crippen LogP contribution is -2.41. The van der Waals surface area contributed by atoms with E-state index in [9.17, 15) is 14.7 Å². The monoisotopic (exact) mass is 426 g/mol. The molecule has 3 N–H and O–H groups in total. The second kappa shape index (κ2) is 13.4. The van der Waals surface area contributed by atoms with Gasteiger partial charge in [-0.15, -0.1) is 0 Å². The Morgan fingerprint density at radius 1 is 1.03 bits per heavy atom. The fourth-order valence-corrected chi connectivity index (χ4v) is 3.27. The molecule has 2 aromatic carbocycles. The maximum atomic E-state index is 12.4. The number of unbranched alkanes of at least 4 members (excludes halogenated alkanes) is 1. The Bertz CT molecular complexity index is 793. The first kappa shape index (κ1) is 24.4. The van der Waals surface area contributed by atoms with Crippen LogP contribution in [0.15, 0.2) is 54.6 Å². The number of nitrogens with one attached hydrogen (secondary N) is 2.